The summed E-state index contributed by atoms with van der Waals surface area (Å²) in [5.74, 6) is -0.339. The molecule has 1 heterocycles. The van der Waals surface area contributed by atoms with Gasteiger partial charge in [0.1, 0.15) is 23.5 Å². The van der Waals surface area contributed by atoms with E-state index < -0.39 is 23.7 Å². The van der Waals surface area contributed by atoms with Crippen LogP contribution in [0.4, 0.5) is 4.79 Å². The van der Waals surface area contributed by atoms with Crippen LogP contribution in [0.3, 0.4) is 0 Å². The average Bonchev–Trinajstić information content (AvgIpc) is 2.91. The number of carboxylic acids is 1. The zero-order valence-corrected chi connectivity index (χ0v) is 16.5. The number of carbonyl (C=O) groups excluding carboxylic acids is 1. The molecule has 25 heavy (non-hydrogen) atoms. The Hall–Kier alpha value is -1.76. The lowest BCUT2D eigenvalue weighted by atomic mass is 10.1. The number of halogens is 1. The van der Waals surface area contributed by atoms with Crippen LogP contribution in [-0.4, -0.2) is 46.4 Å². The monoisotopic (exact) mass is 413 g/mol. The molecule has 7 heteroatoms. The minimum atomic E-state index is -1.05. The summed E-state index contributed by atoms with van der Waals surface area (Å²) < 4.78 is 12.3. The molecule has 2 rings (SSSR count). The molecule has 0 bridgehead atoms. The first-order valence-electron chi connectivity index (χ1n) is 8.28. The zero-order valence-electron chi connectivity index (χ0n) is 14.9. The van der Waals surface area contributed by atoms with Crippen molar-refractivity contribution in [3.63, 3.8) is 0 Å². The third-order valence-electron chi connectivity index (χ3n) is 3.87. The largest absolute Gasteiger partial charge is 0.488 e. The zero-order chi connectivity index (χ0) is 18.8. The van der Waals surface area contributed by atoms with Crippen molar-refractivity contribution in [1.29, 1.82) is 0 Å². The molecule has 138 valence electrons. The molecule has 2 unspecified atom stereocenters. The number of carboxylic acid groups (broad SMARTS) is 1. The maximum absolute atomic E-state index is 12.3. The molecule has 6 nitrogen and oxygen atoms in total. The molecule has 1 amide bonds. The maximum Gasteiger partial charge on any atom is 0.411 e. The van der Waals surface area contributed by atoms with Gasteiger partial charge in [0, 0.05) is 10.9 Å². The Kier molecular flexibility index (Phi) is 5.98. The lowest BCUT2D eigenvalue weighted by Gasteiger charge is -2.26. The second-order valence-electron chi connectivity index (χ2n) is 7.07. The number of carbonyl (C=O) groups is 2. The minimum Gasteiger partial charge on any atom is -0.488 e. The molecular formula is C18H24BrNO5. The number of hydrogen-bond acceptors (Lipinski definition) is 4. The summed E-state index contributed by atoms with van der Waals surface area (Å²) >= 11 is 3.43. The first kappa shape index (κ1) is 19.6. The molecule has 0 aliphatic carbocycles. The van der Waals surface area contributed by atoms with Gasteiger partial charge in [0.15, 0.2) is 0 Å². The fourth-order valence-electron chi connectivity index (χ4n) is 2.76. The van der Waals surface area contributed by atoms with Crippen molar-refractivity contribution < 1.29 is 24.2 Å². The predicted molar refractivity (Wildman–Crippen MR) is 96.9 cm³/mol. The smallest absolute Gasteiger partial charge is 0.411 e. The quantitative estimate of drug-likeness (QED) is 0.810. The van der Waals surface area contributed by atoms with Gasteiger partial charge >= 0.3 is 12.1 Å². The van der Waals surface area contributed by atoms with E-state index in [0.29, 0.717) is 5.75 Å². The normalized spacial score (nSPS) is 20.4. The number of benzene rings is 1. The summed E-state index contributed by atoms with van der Waals surface area (Å²) in [4.78, 5) is 25.1. The van der Waals surface area contributed by atoms with E-state index in [0.717, 1.165) is 16.5 Å². The summed E-state index contributed by atoms with van der Waals surface area (Å²) in [6.45, 7) is 7.46. The number of ether oxygens (including phenoxy) is 2. The minimum absolute atomic E-state index is 0.186. The van der Waals surface area contributed by atoms with Crippen molar-refractivity contribution in [2.45, 2.75) is 58.3 Å². The van der Waals surface area contributed by atoms with E-state index in [1.54, 1.807) is 20.8 Å². The molecule has 0 aromatic heterocycles. The molecule has 0 radical (unpaired) electrons. The van der Waals surface area contributed by atoms with E-state index in [2.05, 4.69) is 15.9 Å². The van der Waals surface area contributed by atoms with Crippen molar-refractivity contribution >= 4 is 28.0 Å². The first-order chi connectivity index (χ1) is 11.6. The number of hydrogen-bond donors (Lipinski definition) is 1. The molecule has 1 saturated heterocycles. The Labute approximate surface area is 156 Å². The van der Waals surface area contributed by atoms with Gasteiger partial charge in [0.25, 0.3) is 0 Å². The van der Waals surface area contributed by atoms with Crippen molar-refractivity contribution in [2.24, 2.45) is 0 Å². The number of aryl methyl sites for hydroxylation is 1. The lowest BCUT2D eigenvalue weighted by molar-refractivity contribution is -0.142. The van der Waals surface area contributed by atoms with Gasteiger partial charge in [-0.2, -0.15) is 0 Å². The highest BCUT2D eigenvalue weighted by molar-refractivity contribution is 9.10. The van der Waals surface area contributed by atoms with E-state index in [-0.39, 0.29) is 19.1 Å². The summed E-state index contributed by atoms with van der Waals surface area (Å²) in [6, 6.07) is 4.77. The SMILES string of the molecule is CCc1cc(Br)ccc1OC1CC(C(=O)O)N(C(=O)OC(C)(C)C)C1. The van der Waals surface area contributed by atoms with Gasteiger partial charge in [-0.3, -0.25) is 4.90 Å². The van der Waals surface area contributed by atoms with E-state index in [9.17, 15) is 14.7 Å². The highest BCUT2D eigenvalue weighted by Gasteiger charge is 2.42. The van der Waals surface area contributed by atoms with Crippen LogP contribution in [0.15, 0.2) is 22.7 Å². The lowest BCUT2D eigenvalue weighted by Crippen LogP contribution is -2.43. The highest BCUT2D eigenvalue weighted by Crippen LogP contribution is 2.29. The Bertz CT molecular complexity index is 655. The van der Waals surface area contributed by atoms with Gasteiger partial charge in [0.05, 0.1) is 6.54 Å². The summed E-state index contributed by atoms with van der Waals surface area (Å²) in [7, 11) is 0. The third-order valence-corrected chi connectivity index (χ3v) is 4.37. The predicted octanol–water partition coefficient (Wildman–Crippen LogP) is 3.85. The summed E-state index contributed by atoms with van der Waals surface area (Å²) in [5, 5.41) is 9.44. The number of rotatable bonds is 4. The van der Waals surface area contributed by atoms with E-state index >= 15 is 0 Å². The fraction of sp³-hybridized carbons (Fsp3) is 0.556. The Morgan fingerprint density at radius 1 is 1.36 bits per heavy atom. The van der Waals surface area contributed by atoms with Gasteiger partial charge in [-0.25, -0.2) is 9.59 Å². The van der Waals surface area contributed by atoms with Crippen LogP contribution < -0.4 is 4.74 Å². The van der Waals surface area contributed by atoms with Crippen LogP contribution in [-0.2, 0) is 16.0 Å². The first-order valence-corrected chi connectivity index (χ1v) is 9.07. The van der Waals surface area contributed by atoms with Crippen molar-refractivity contribution in [1.82, 2.24) is 4.90 Å². The van der Waals surface area contributed by atoms with Gasteiger partial charge in [-0.1, -0.05) is 22.9 Å². The molecule has 0 saturated carbocycles. The topological polar surface area (TPSA) is 76.1 Å². The summed E-state index contributed by atoms with van der Waals surface area (Å²) in [6.07, 6.45) is 0.00516. The van der Waals surface area contributed by atoms with Crippen LogP contribution in [0.5, 0.6) is 5.75 Å². The number of aliphatic carboxylic acids is 1. The standard InChI is InChI=1S/C18H24BrNO5/c1-5-11-8-12(19)6-7-15(11)24-13-9-14(16(21)22)20(10-13)17(23)25-18(2,3)4/h6-8,13-14H,5,9-10H2,1-4H3,(H,21,22). The highest BCUT2D eigenvalue weighted by atomic mass is 79.9. The molecule has 0 spiro atoms. The molecule has 1 aromatic rings. The van der Waals surface area contributed by atoms with Crippen molar-refractivity contribution in [3.8, 4) is 5.75 Å². The van der Waals surface area contributed by atoms with E-state index in [4.69, 9.17) is 9.47 Å². The Morgan fingerprint density at radius 2 is 2.04 bits per heavy atom. The third kappa shape index (κ3) is 5.11. The molecule has 1 aromatic carbocycles. The van der Waals surface area contributed by atoms with Crippen molar-refractivity contribution in [2.75, 3.05) is 6.54 Å². The van der Waals surface area contributed by atoms with Gasteiger partial charge in [-0.05, 0) is 51.0 Å². The second-order valence-corrected chi connectivity index (χ2v) is 7.98. The van der Waals surface area contributed by atoms with Crippen LogP contribution in [0, 0.1) is 0 Å². The van der Waals surface area contributed by atoms with Crippen LogP contribution >= 0.6 is 15.9 Å². The Balaban J connectivity index is 2.14. The molecule has 2 atom stereocenters. The molecular weight excluding hydrogens is 390 g/mol. The van der Waals surface area contributed by atoms with Gasteiger partial charge in [-0.15, -0.1) is 0 Å². The molecule has 1 N–H and O–H groups in total. The van der Waals surface area contributed by atoms with Gasteiger partial charge in [0.2, 0.25) is 0 Å². The second kappa shape index (κ2) is 7.64. The average molecular weight is 414 g/mol. The van der Waals surface area contributed by atoms with Crippen LogP contribution in [0.1, 0.15) is 39.7 Å². The molecule has 1 aliphatic rings. The van der Waals surface area contributed by atoms with Crippen LogP contribution in [0.2, 0.25) is 0 Å². The van der Waals surface area contributed by atoms with E-state index in [1.807, 2.05) is 25.1 Å². The number of likely N-dealkylation sites (tertiary alicyclic amines) is 1. The van der Waals surface area contributed by atoms with Crippen LogP contribution in [0.25, 0.3) is 0 Å². The maximum atomic E-state index is 12.3. The van der Waals surface area contributed by atoms with Crippen molar-refractivity contribution in [3.05, 3.63) is 28.2 Å². The number of amides is 1. The van der Waals surface area contributed by atoms with E-state index in [1.165, 1.54) is 4.90 Å². The van der Waals surface area contributed by atoms with Gasteiger partial charge < -0.3 is 14.6 Å². The molecule has 1 fully saturated rings. The Morgan fingerprint density at radius 3 is 2.60 bits per heavy atom. The summed E-state index contributed by atoms with van der Waals surface area (Å²) in [5.41, 5.74) is 0.345. The molecule has 1 aliphatic heterocycles. The number of nitrogens with zero attached hydrogens (tertiary/aromatic N) is 1. The fourth-order valence-corrected chi connectivity index (χ4v) is 3.17.